The van der Waals surface area contributed by atoms with Gasteiger partial charge in [-0.3, -0.25) is 4.79 Å². The van der Waals surface area contributed by atoms with E-state index < -0.39 is 5.82 Å². The summed E-state index contributed by atoms with van der Waals surface area (Å²) in [6.45, 7) is 1.92. The minimum atomic E-state index is -0.391. The second-order valence-electron chi connectivity index (χ2n) is 4.25. The van der Waals surface area contributed by atoms with Crippen LogP contribution >= 0.6 is 0 Å². The number of rotatable bonds is 2. The zero-order chi connectivity index (χ0) is 12.6. The van der Waals surface area contributed by atoms with E-state index in [0.29, 0.717) is 29.7 Å². The summed E-state index contributed by atoms with van der Waals surface area (Å²) in [6.07, 6.45) is 1.11. The van der Waals surface area contributed by atoms with Crippen LogP contribution in [-0.2, 0) is 0 Å². The molecule has 4 heteroatoms. The first-order valence-corrected chi connectivity index (χ1v) is 5.57. The van der Waals surface area contributed by atoms with Crippen LogP contribution in [0.4, 0.5) is 4.39 Å². The van der Waals surface area contributed by atoms with Crippen molar-refractivity contribution in [3.05, 3.63) is 23.0 Å². The molecule has 1 aliphatic carbocycles. The molecule has 1 atom stereocenters. The van der Waals surface area contributed by atoms with Gasteiger partial charge in [-0.2, -0.15) is 0 Å². The predicted molar refractivity (Wildman–Crippen MR) is 61.5 cm³/mol. The zero-order valence-corrected chi connectivity index (χ0v) is 10.2. The van der Waals surface area contributed by atoms with Crippen LogP contribution in [0.15, 0.2) is 6.07 Å². The van der Waals surface area contributed by atoms with E-state index in [0.717, 1.165) is 0 Å². The van der Waals surface area contributed by atoms with Crippen molar-refractivity contribution in [2.24, 2.45) is 0 Å². The number of benzene rings is 1. The molecule has 0 aromatic heterocycles. The lowest BCUT2D eigenvalue weighted by Crippen LogP contribution is -2.17. The van der Waals surface area contributed by atoms with Gasteiger partial charge in [-0.15, -0.1) is 0 Å². The van der Waals surface area contributed by atoms with E-state index in [9.17, 15) is 9.18 Å². The Morgan fingerprint density at radius 3 is 2.65 bits per heavy atom. The van der Waals surface area contributed by atoms with Crippen LogP contribution in [0.1, 0.15) is 41.6 Å². The van der Waals surface area contributed by atoms with Crippen molar-refractivity contribution in [2.75, 3.05) is 14.2 Å². The third-order valence-corrected chi connectivity index (χ3v) is 3.24. The lowest BCUT2D eigenvalue weighted by molar-refractivity contribution is 0.0962. The minimum absolute atomic E-state index is 0.0301. The van der Waals surface area contributed by atoms with Crippen molar-refractivity contribution in [2.45, 2.75) is 25.7 Å². The normalized spacial score (nSPS) is 18.8. The second-order valence-corrected chi connectivity index (χ2v) is 4.25. The average molecular weight is 238 g/mol. The van der Waals surface area contributed by atoms with Gasteiger partial charge in [-0.1, -0.05) is 6.92 Å². The molecule has 92 valence electrons. The Kier molecular flexibility index (Phi) is 3.05. The van der Waals surface area contributed by atoms with Gasteiger partial charge in [0.15, 0.2) is 17.3 Å². The van der Waals surface area contributed by atoms with Gasteiger partial charge in [0.2, 0.25) is 0 Å². The number of fused-ring (bicyclic) bond motifs is 1. The first-order valence-electron chi connectivity index (χ1n) is 5.57. The van der Waals surface area contributed by atoms with Crippen molar-refractivity contribution in [3.63, 3.8) is 0 Å². The van der Waals surface area contributed by atoms with Crippen molar-refractivity contribution in [1.29, 1.82) is 0 Å². The smallest absolute Gasteiger partial charge is 0.172 e. The third-order valence-electron chi connectivity index (χ3n) is 3.24. The monoisotopic (exact) mass is 238 g/mol. The van der Waals surface area contributed by atoms with Gasteiger partial charge in [-0.05, 0) is 12.3 Å². The second kappa shape index (κ2) is 4.35. The summed E-state index contributed by atoms with van der Waals surface area (Å²) < 4.78 is 24.2. The van der Waals surface area contributed by atoms with Gasteiger partial charge in [0.1, 0.15) is 5.82 Å². The van der Waals surface area contributed by atoms with Gasteiger partial charge >= 0.3 is 0 Å². The SMILES string of the molecule is COc1cc(F)c2c(c1OC)C(=O)CCC2C. The van der Waals surface area contributed by atoms with Gasteiger partial charge in [0.25, 0.3) is 0 Å². The average Bonchev–Trinajstić information content (AvgIpc) is 2.32. The molecule has 3 nitrogen and oxygen atoms in total. The van der Waals surface area contributed by atoms with E-state index >= 15 is 0 Å². The fourth-order valence-electron chi connectivity index (χ4n) is 2.35. The number of carbonyl (C=O) groups is 1. The van der Waals surface area contributed by atoms with Crippen molar-refractivity contribution >= 4 is 5.78 Å². The first kappa shape index (κ1) is 11.9. The fourth-order valence-corrected chi connectivity index (χ4v) is 2.35. The molecule has 17 heavy (non-hydrogen) atoms. The van der Waals surface area contributed by atoms with Crippen LogP contribution in [0, 0.1) is 5.82 Å². The first-order chi connectivity index (χ1) is 8.10. The van der Waals surface area contributed by atoms with Crippen LogP contribution < -0.4 is 9.47 Å². The molecule has 0 amide bonds. The summed E-state index contributed by atoms with van der Waals surface area (Å²) in [7, 11) is 2.89. The number of halogens is 1. The summed E-state index contributed by atoms with van der Waals surface area (Å²) in [4.78, 5) is 11.9. The van der Waals surface area contributed by atoms with Gasteiger partial charge in [0.05, 0.1) is 19.8 Å². The molecule has 0 bridgehead atoms. The van der Waals surface area contributed by atoms with Gasteiger partial charge < -0.3 is 9.47 Å². The molecule has 2 rings (SSSR count). The highest BCUT2D eigenvalue weighted by atomic mass is 19.1. The van der Waals surface area contributed by atoms with E-state index in [4.69, 9.17) is 9.47 Å². The van der Waals surface area contributed by atoms with Gasteiger partial charge in [0, 0.05) is 18.1 Å². The maximum atomic E-state index is 14.0. The minimum Gasteiger partial charge on any atom is -0.493 e. The van der Waals surface area contributed by atoms with E-state index in [2.05, 4.69) is 0 Å². The highest BCUT2D eigenvalue weighted by Gasteiger charge is 2.31. The molecule has 0 fully saturated rings. The summed E-state index contributed by atoms with van der Waals surface area (Å²) in [5, 5.41) is 0. The van der Waals surface area contributed by atoms with Crippen molar-refractivity contribution < 1.29 is 18.7 Å². The number of hydrogen-bond acceptors (Lipinski definition) is 3. The van der Waals surface area contributed by atoms with Crippen LogP contribution in [0.2, 0.25) is 0 Å². The van der Waals surface area contributed by atoms with E-state index in [1.165, 1.54) is 20.3 Å². The standard InChI is InChI=1S/C13H15FO3/c1-7-4-5-9(15)12-11(7)8(14)6-10(16-2)13(12)17-3/h6-7H,4-5H2,1-3H3. The van der Waals surface area contributed by atoms with Crippen LogP contribution in [-0.4, -0.2) is 20.0 Å². The number of methoxy groups -OCH3 is 2. The van der Waals surface area contributed by atoms with E-state index in [1.54, 1.807) is 0 Å². The Balaban J connectivity index is 2.75. The molecule has 1 aliphatic rings. The van der Waals surface area contributed by atoms with E-state index in [1.807, 2.05) is 6.92 Å². The van der Waals surface area contributed by atoms with Crippen LogP contribution in [0.3, 0.4) is 0 Å². The summed E-state index contributed by atoms with van der Waals surface area (Å²) in [5.74, 6) is 0.181. The molecule has 0 N–H and O–H groups in total. The predicted octanol–water partition coefficient (Wildman–Crippen LogP) is 2.92. The van der Waals surface area contributed by atoms with E-state index in [-0.39, 0.29) is 17.5 Å². The maximum Gasteiger partial charge on any atom is 0.172 e. The quantitative estimate of drug-likeness (QED) is 0.794. The summed E-state index contributed by atoms with van der Waals surface area (Å²) in [5.41, 5.74) is 0.807. The maximum absolute atomic E-state index is 14.0. The molecule has 0 radical (unpaired) electrons. The molecule has 0 saturated heterocycles. The molecular weight excluding hydrogens is 223 g/mol. The molecule has 0 spiro atoms. The Morgan fingerprint density at radius 1 is 1.35 bits per heavy atom. The summed E-state index contributed by atoms with van der Waals surface area (Å²) in [6, 6.07) is 1.28. The molecular formula is C13H15FO3. The topological polar surface area (TPSA) is 35.5 Å². The van der Waals surface area contributed by atoms with Crippen molar-refractivity contribution in [1.82, 2.24) is 0 Å². The number of ketones is 1. The highest BCUT2D eigenvalue weighted by molar-refractivity contribution is 6.02. The van der Waals surface area contributed by atoms with Crippen LogP contribution in [0.25, 0.3) is 0 Å². The lowest BCUT2D eigenvalue weighted by Gasteiger charge is -2.24. The third kappa shape index (κ3) is 1.77. The number of Topliss-reactive ketones (excluding diaryl/α,β-unsaturated/α-hetero) is 1. The molecule has 0 saturated carbocycles. The Bertz CT molecular complexity index is 468. The van der Waals surface area contributed by atoms with Gasteiger partial charge in [-0.25, -0.2) is 4.39 Å². The number of carbonyl (C=O) groups excluding carboxylic acids is 1. The molecule has 1 aromatic carbocycles. The number of ether oxygens (including phenoxy) is 2. The lowest BCUT2D eigenvalue weighted by atomic mass is 9.82. The number of hydrogen-bond donors (Lipinski definition) is 0. The highest BCUT2D eigenvalue weighted by Crippen LogP contribution is 2.43. The molecule has 1 aromatic rings. The largest absolute Gasteiger partial charge is 0.493 e. The molecule has 1 unspecified atom stereocenters. The van der Waals surface area contributed by atoms with Crippen LogP contribution in [0.5, 0.6) is 11.5 Å². The zero-order valence-electron chi connectivity index (χ0n) is 10.2. The Labute approximate surface area is 99.5 Å². The fraction of sp³-hybridized carbons (Fsp3) is 0.462. The molecule has 0 aliphatic heterocycles. The molecule has 0 heterocycles. The Morgan fingerprint density at radius 2 is 2.06 bits per heavy atom. The van der Waals surface area contributed by atoms with Crippen molar-refractivity contribution in [3.8, 4) is 11.5 Å². The summed E-state index contributed by atoms with van der Waals surface area (Å²) >= 11 is 0. The Hall–Kier alpha value is -1.58.